The summed E-state index contributed by atoms with van der Waals surface area (Å²) in [5.41, 5.74) is 2.35. The number of fused-ring (bicyclic) bond motifs is 1. The topological polar surface area (TPSA) is 36.9 Å². The van der Waals surface area contributed by atoms with Crippen molar-refractivity contribution in [3.8, 4) is 11.5 Å². The average molecular weight is 346 g/mol. The molecule has 0 N–H and O–H groups in total. The SMILES string of the molecule is COc1ccc2c3c1O[C@H]1C4(CC[C@@H](C=C2)[C@@]31CCS)OCCO4. The Balaban J connectivity index is 1.76. The molecule has 2 fully saturated rings. The summed E-state index contributed by atoms with van der Waals surface area (Å²) in [5.74, 6) is 2.26. The number of methoxy groups -OCH3 is 1. The number of hydrogen-bond acceptors (Lipinski definition) is 5. The number of hydrogen-bond donors (Lipinski definition) is 1. The molecule has 4 nitrogen and oxygen atoms in total. The van der Waals surface area contributed by atoms with Gasteiger partial charge in [-0.2, -0.15) is 12.6 Å². The fourth-order valence-electron chi connectivity index (χ4n) is 5.32. The van der Waals surface area contributed by atoms with E-state index in [-0.39, 0.29) is 11.5 Å². The van der Waals surface area contributed by atoms with Gasteiger partial charge in [-0.05, 0) is 36.1 Å². The van der Waals surface area contributed by atoms with Gasteiger partial charge in [-0.25, -0.2) is 0 Å². The van der Waals surface area contributed by atoms with Gasteiger partial charge in [0.25, 0.3) is 0 Å². The van der Waals surface area contributed by atoms with E-state index in [1.54, 1.807) is 7.11 Å². The molecule has 5 heteroatoms. The molecule has 0 bridgehead atoms. The van der Waals surface area contributed by atoms with Crippen molar-refractivity contribution in [2.75, 3.05) is 26.1 Å². The highest BCUT2D eigenvalue weighted by molar-refractivity contribution is 7.80. The smallest absolute Gasteiger partial charge is 0.206 e. The van der Waals surface area contributed by atoms with Crippen molar-refractivity contribution >= 4 is 18.7 Å². The molecule has 1 spiro atoms. The monoisotopic (exact) mass is 346 g/mol. The zero-order valence-electron chi connectivity index (χ0n) is 13.8. The minimum absolute atomic E-state index is 0.141. The van der Waals surface area contributed by atoms with Gasteiger partial charge in [0.2, 0.25) is 5.79 Å². The van der Waals surface area contributed by atoms with Gasteiger partial charge >= 0.3 is 0 Å². The van der Waals surface area contributed by atoms with Crippen molar-refractivity contribution < 1.29 is 18.9 Å². The molecule has 128 valence electrons. The van der Waals surface area contributed by atoms with Crippen molar-refractivity contribution in [2.45, 2.75) is 36.6 Å². The molecule has 0 radical (unpaired) electrons. The lowest BCUT2D eigenvalue weighted by molar-refractivity contribution is -0.247. The first-order valence-electron chi connectivity index (χ1n) is 8.70. The molecule has 0 unspecified atom stereocenters. The fraction of sp³-hybridized carbons (Fsp3) is 0.579. The highest BCUT2D eigenvalue weighted by atomic mass is 32.1. The van der Waals surface area contributed by atoms with Crippen LogP contribution in [0.3, 0.4) is 0 Å². The standard InChI is InChI=1S/C19H22O4S/c1-20-14-5-3-12-2-4-13-6-7-19(21-9-10-22-19)17-18(13,8-11-24)15(12)16(14)23-17/h2-5,13,17,24H,6-11H2,1H3/t13-,17-,18+/m1/s1. The van der Waals surface area contributed by atoms with Crippen LogP contribution in [0.15, 0.2) is 18.2 Å². The van der Waals surface area contributed by atoms with Crippen LogP contribution in [0.2, 0.25) is 0 Å². The van der Waals surface area contributed by atoms with E-state index in [0.29, 0.717) is 19.1 Å². The van der Waals surface area contributed by atoms with Crippen LogP contribution >= 0.6 is 12.6 Å². The summed E-state index contributed by atoms with van der Waals surface area (Å²) < 4.78 is 24.5. The molecule has 2 aliphatic carbocycles. The molecule has 0 amide bonds. The second kappa shape index (κ2) is 5.16. The van der Waals surface area contributed by atoms with Gasteiger partial charge in [-0.1, -0.05) is 18.2 Å². The molecule has 1 aromatic carbocycles. The van der Waals surface area contributed by atoms with Gasteiger partial charge in [0.05, 0.1) is 20.3 Å². The van der Waals surface area contributed by atoms with E-state index in [0.717, 1.165) is 36.5 Å². The van der Waals surface area contributed by atoms with Gasteiger partial charge in [0.1, 0.15) is 0 Å². The van der Waals surface area contributed by atoms with Gasteiger partial charge in [-0.15, -0.1) is 0 Å². The van der Waals surface area contributed by atoms with E-state index >= 15 is 0 Å². The Morgan fingerprint density at radius 1 is 1.29 bits per heavy atom. The maximum Gasteiger partial charge on any atom is 0.206 e. The average Bonchev–Trinajstić information content (AvgIpc) is 3.20. The fourth-order valence-corrected chi connectivity index (χ4v) is 5.69. The van der Waals surface area contributed by atoms with Crippen LogP contribution in [-0.4, -0.2) is 38.0 Å². The molecule has 5 rings (SSSR count). The summed E-state index contributed by atoms with van der Waals surface area (Å²) in [6, 6.07) is 4.13. The third kappa shape index (κ3) is 1.68. The van der Waals surface area contributed by atoms with Crippen molar-refractivity contribution in [2.24, 2.45) is 5.92 Å². The van der Waals surface area contributed by atoms with Crippen LogP contribution in [0.1, 0.15) is 30.4 Å². The number of allylic oxidation sites excluding steroid dienone is 1. The van der Waals surface area contributed by atoms with E-state index in [1.165, 1.54) is 11.1 Å². The van der Waals surface area contributed by atoms with Gasteiger partial charge in [0.15, 0.2) is 17.6 Å². The largest absolute Gasteiger partial charge is 0.493 e. The third-order valence-electron chi connectivity index (χ3n) is 6.22. The molecule has 1 aromatic rings. The van der Waals surface area contributed by atoms with E-state index in [9.17, 15) is 0 Å². The predicted octanol–water partition coefficient (Wildman–Crippen LogP) is 3.19. The Bertz CT molecular complexity index is 710. The number of benzene rings is 1. The lowest BCUT2D eigenvalue weighted by Crippen LogP contribution is -2.62. The maximum absolute atomic E-state index is 6.57. The normalized spacial score (nSPS) is 34.2. The van der Waals surface area contributed by atoms with E-state index in [2.05, 4.69) is 30.8 Å². The molecular weight excluding hydrogens is 324 g/mol. The Morgan fingerprint density at radius 3 is 2.88 bits per heavy atom. The lowest BCUT2D eigenvalue weighted by atomic mass is 9.56. The van der Waals surface area contributed by atoms with Crippen LogP contribution in [0.5, 0.6) is 11.5 Å². The van der Waals surface area contributed by atoms with Gasteiger partial charge in [-0.3, -0.25) is 0 Å². The summed E-state index contributed by atoms with van der Waals surface area (Å²) in [6.07, 6.45) is 7.30. The first-order chi connectivity index (χ1) is 11.7. The zero-order chi connectivity index (χ0) is 16.4. The van der Waals surface area contributed by atoms with Crippen LogP contribution in [0, 0.1) is 5.92 Å². The van der Waals surface area contributed by atoms with Crippen molar-refractivity contribution in [1.29, 1.82) is 0 Å². The Morgan fingerprint density at radius 2 is 2.12 bits per heavy atom. The molecule has 0 aromatic heterocycles. The number of rotatable bonds is 3. The molecule has 4 aliphatic rings. The first-order valence-corrected chi connectivity index (χ1v) is 9.33. The highest BCUT2D eigenvalue weighted by Crippen LogP contribution is 2.64. The number of ether oxygens (including phenoxy) is 4. The van der Waals surface area contributed by atoms with Crippen molar-refractivity contribution in [1.82, 2.24) is 0 Å². The summed E-state index contributed by atoms with van der Waals surface area (Å²) in [5, 5.41) is 0. The van der Waals surface area contributed by atoms with Crippen LogP contribution < -0.4 is 9.47 Å². The molecule has 24 heavy (non-hydrogen) atoms. The lowest BCUT2D eigenvalue weighted by Gasteiger charge is -2.52. The molecular formula is C19H22O4S. The van der Waals surface area contributed by atoms with E-state index < -0.39 is 5.79 Å². The van der Waals surface area contributed by atoms with Gasteiger partial charge in [0, 0.05) is 17.4 Å². The summed E-state index contributed by atoms with van der Waals surface area (Å²) in [6.45, 7) is 1.27. The van der Waals surface area contributed by atoms with Crippen LogP contribution in [0.4, 0.5) is 0 Å². The third-order valence-corrected chi connectivity index (χ3v) is 6.44. The predicted molar refractivity (Wildman–Crippen MR) is 94.0 cm³/mol. The second-order valence-electron chi connectivity index (χ2n) is 7.09. The molecule has 1 saturated heterocycles. The Labute approximate surface area is 147 Å². The molecule has 2 aliphatic heterocycles. The zero-order valence-corrected chi connectivity index (χ0v) is 14.7. The van der Waals surface area contributed by atoms with Crippen molar-refractivity contribution in [3.05, 3.63) is 29.3 Å². The van der Waals surface area contributed by atoms with Crippen molar-refractivity contribution in [3.63, 3.8) is 0 Å². The van der Waals surface area contributed by atoms with E-state index in [4.69, 9.17) is 18.9 Å². The Kier molecular flexibility index (Phi) is 3.25. The highest BCUT2D eigenvalue weighted by Gasteiger charge is 2.67. The summed E-state index contributed by atoms with van der Waals surface area (Å²) >= 11 is 4.59. The quantitative estimate of drug-likeness (QED) is 0.853. The van der Waals surface area contributed by atoms with Crippen LogP contribution in [-0.2, 0) is 14.9 Å². The first kappa shape index (κ1) is 15.1. The maximum atomic E-state index is 6.57. The second-order valence-corrected chi connectivity index (χ2v) is 7.53. The summed E-state index contributed by atoms with van der Waals surface area (Å²) in [4.78, 5) is 0. The molecule has 3 atom stereocenters. The summed E-state index contributed by atoms with van der Waals surface area (Å²) in [7, 11) is 1.70. The van der Waals surface area contributed by atoms with Crippen LogP contribution in [0.25, 0.3) is 6.08 Å². The minimum atomic E-state index is -0.633. The Hall–Kier alpha value is -1.17. The number of thiol groups is 1. The minimum Gasteiger partial charge on any atom is -0.493 e. The van der Waals surface area contributed by atoms with E-state index in [1.807, 2.05) is 6.07 Å². The molecule has 1 saturated carbocycles. The van der Waals surface area contributed by atoms with Gasteiger partial charge < -0.3 is 18.9 Å². The molecule has 2 heterocycles.